The lowest BCUT2D eigenvalue weighted by Crippen LogP contribution is -2.41. The van der Waals surface area contributed by atoms with Crippen LogP contribution in [0.15, 0.2) is 12.1 Å². The van der Waals surface area contributed by atoms with Crippen LogP contribution in [0.1, 0.15) is 37.0 Å². The van der Waals surface area contributed by atoms with E-state index in [-0.39, 0.29) is 0 Å². The fraction of sp³-hybridized carbons (Fsp3) is 0.714. The molecule has 1 aromatic heterocycles. The van der Waals surface area contributed by atoms with E-state index in [1.54, 1.807) is 11.3 Å². The van der Waals surface area contributed by atoms with Gasteiger partial charge in [-0.3, -0.25) is 0 Å². The molecule has 0 amide bonds. The van der Waals surface area contributed by atoms with E-state index in [1.165, 1.54) is 43.5 Å². The van der Waals surface area contributed by atoms with Crippen LogP contribution >= 0.6 is 22.9 Å². The van der Waals surface area contributed by atoms with Crippen LogP contribution in [-0.2, 0) is 6.54 Å². The van der Waals surface area contributed by atoms with Gasteiger partial charge in [0, 0.05) is 23.5 Å². The largest absolute Gasteiger partial charge is 0.314 e. The Morgan fingerprint density at radius 2 is 2.22 bits per heavy atom. The Labute approximate surface area is 118 Å². The van der Waals surface area contributed by atoms with E-state index in [1.807, 2.05) is 6.07 Å². The summed E-state index contributed by atoms with van der Waals surface area (Å²) in [5.41, 5.74) is 0. The highest BCUT2D eigenvalue weighted by molar-refractivity contribution is 7.16. The molecule has 0 bridgehead atoms. The van der Waals surface area contributed by atoms with Gasteiger partial charge in [-0.25, -0.2) is 0 Å². The van der Waals surface area contributed by atoms with Crippen molar-refractivity contribution in [1.82, 2.24) is 10.6 Å². The Kier molecular flexibility index (Phi) is 4.24. The molecule has 1 aromatic rings. The van der Waals surface area contributed by atoms with Crippen molar-refractivity contribution in [1.29, 1.82) is 0 Å². The molecule has 2 nitrogen and oxygen atoms in total. The summed E-state index contributed by atoms with van der Waals surface area (Å²) in [6, 6.07) is 5.59. The summed E-state index contributed by atoms with van der Waals surface area (Å²) >= 11 is 7.66. The number of hydrogen-bond acceptors (Lipinski definition) is 3. The lowest BCUT2D eigenvalue weighted by Gasteiger charge is -2.26. The SMILES string of the molecule is Clc1ccc(CNC2CCCC2C2CCCN2)s1. The van der Waals surface area contributed by atoms with Gasteiger partial charge in [-0.15, -0.1) is 11.3 Å². The molecular formula is C14H21ClN2S. The normalized spacial score (nSPS) is 32.2. The molecule has 1 aliphatic carbocycles. The third kappa shape index (κ3) is 2.90. The van der Waals surface area contributed by atoms with Crippen LogP contribution in [0.3, 0.4) is 0 Å². The van der Waals surface area contributed by atoms with Gasteiger partial charge in [-0.05, 0) is 50.3 Å². The number of rotatable bonds is 4. The molecule has 3 unspecified atom stereocenters. The molecule has 1 saturated carbocycles. The van der Waals surface area contributed by atoms with Gasteiger partial charge in [0.2, 0.25) is 0 Å². The van der Waals surface area contributed by atoms with Gasteiger partial charge in [-0.1, -0.05) is 18.0 Å². The van der Waals surface area contributed by atoms with Crippen molar-refractivity contribution in [3.63, 3.8) is 0 Å². The Balaban J connectivity index is 1.54. The van der Waals surface area contributed by atoms with E-state index >= 15 is 0 Å². The summed E-state index contributed by atoms with van der Waals surface area (Å²) in [5.74, 6) is 0.836. The molecule has 2 fully saturated rings. The highest BCUT2D eigenvalue weighted by Crippen LogP contribution is 2.32. The molecule has 0 aromatic carbocycles. The third-order valence-corrected chi connectivity index (χ3v) is 5.58. The first-order chi connectivity index (χ1) is 8.83. The quantitative estimate of drug-likeness (QED) is 0.885. The van der Waals surface area contributed by atoms with Gasteiger partial charge < -0.3 is 10.6 Å². The summed E-state index contributed by atoms with van der Waals surface area (Å²) in [4.78, 5) is 1.35. The van der Waals surface area contributed by atoms with Crippen LogP contribution in [0, 0.1) is 5.92 Å². The Hall–Kier alpha value is -0.0900. The monoisotopic (exact) mass is 284 g/mol. The second kappa shape index (κ2) is 5.91. The maximum atomic E-state index is 5.97. The molecule has 100 valence electrons. The van der Waals surface area contributed by atoms with Crippen molar-refractivity contribution in [2.45, 2.75) is 50.7 Å². The lowest BCUT2D eigenvalue weighted by atomic mass is 9.93. The summed E-state index contributed by atoms with van der Waals surface area (Å²) in [6.45, 7) is 2.19. The van der Waals surface area contributed by atoms with Crippen molar-refractivity contribution in [2.75, 3.05) is 6.54 Å². The average Bonchev–Trinajstić information content (AvgIpc) is 3.07. The Morgan fingerprint density at radius 3 is 2.94 bits per heavy atom. The van der Waals surface area contributed by atoms with Gasteiger partial charge in [-0.2, -0.15) is 0 Å². The second-order valence-electron chi connectivity index (χ2n) is 5.49. The molecule has 2 N–H and O–H groups in total. The van der Waals surface area contributed by atoms with Crippen LogP contribution in [-0.4, -0.2) is 18.6 Å². The van der Waals surface area contributed by atoms with Gasteiger partial charge in [0.1, 0.15) is 0 Å². The fourth-order valence-corrected chi connectivity index (χ4v) is 4.52. The van der Waals surface area contributed by atoms with Crippen LogP contribution in [0.4, 0.5) is 0 Å². The zero-order chi connectivity index (χ0) is 12.4. The van der Waals surface area contributed by atoms with Crippen LogP contribution < -0.4 is 10.6 Å². The van der Waals surface area contributed by atoms with Crippen LogP contribution in [0.25, 0.3) is 0 Å². The molecule has 3 atom stereocenters. The highest BCUT2D eigenvalue weighted by Gasteiger charge is 2.34. The smallest absolute Gasteiger partial charge is 0.0931 e. The van der Waals surface area contributed by atoms with E-state index < -0.39 is 0 Å². The summed E-state index contributed by atoms with van der Waals surface area (Å²) in [7, 11) is 0. The maximum Gasteiger partial charge on any atom is 0.0931 e. The molecule has 2 heterocycles. The number of nitrogens with one attached hydrogen (secondary N) is 2. The standard InChI is InChI=1S/C14H21ClN2S/c15-14-7-6-10(18-14)9-17-13-4-1-3-11(13)12-5-2-8-16-12/h6-7,11-13,16-17H,1-5,8-9H2. The van der Waals surface area contributed by atoms with Gasteiger partial charge >= 0.3 is 0 Å². The van der Waals surface area contributed by atoms with Gasteiger partial charge in [0.25, 0.3) is 0 Å². The molecular weight excluding hydrogens is 264 g/mol. The minimum Gasteiger partial charge on any atom is -0.314 e. The molecule has 0 spiro atoms. The van der Waals surface area contributed by atoms with E-state index in [0.29, 0.717) is 6.04 Å². The molecule has 0 radical (unpaired) electrons. The maximum absolute atomic E-state index is 5.97. The minimum absolute atomic E-state index is 0.696. The molecule has 1 saturated heterocycles. The third-order valence-electron chi connectivity index (χ3n) is 4.35. The van der Waals surface area contributed by atoms with Crippen LogP contribution in [0.5, 0.6) is 0 Å². The van der Waals surface area contributed by atoms with Crippen molar-refractivity contribution in [3.8, 4) is 0 Å². The van der Waals surface area contributed by atoms with E-state index in [4.69, 9.17) is 11.6 Å². The predicted molar refractivity (Wildman–Crippen MR) is 78.3 cm³/mol. The topological polar surface area (TPSA) is 24.1 Å². The zero-order valence-corrected chi connectivity index (χ0v) is 12.2. The minimum atomic E-state index is 0.696. The average molecular weight is 285 g/mol. The molecule has 3 rings (SSSR count). The van der Waals surface area contributed by atoms with Gasteiger partial charge in [0.15, 0.2) is 0 Å². The van der Waals surface area contributed by atoms with E-state index in [9.17, 15) is 0 Å². The summed E-state index contributed by atoms with van der Waals surface area (Å²) in [6.07, 6.45) is 6.83. The molecule has 1 aliphatic heterocycles. The number of hydrogen-bond donors (Lipinski definition) is 2. The second-order valence-corrected chi connectivity index (χ2v) is 7.29. The Bertz CT molecular complexity index is 387. The molecule has 4 heteroatoms. The van der Waals surface area contributed by atoms with E-state index in [2.05, 4.69) is 16.7 Å². The van der Waals surface area contributed by atoms with Crippen molar-refractivity contribution >= 4 is 22.9 Å². The summed E-state index contributed by atoms with van der Waals surface area (Å²) < 4.78 is 0.896. The Morgan fingerprint density at radius 1 is 1.28 bits per heavy atom. The number of halogens is 1. The van der Waals surface area contributed by atoms with Crippen molar-refractivity contribution in [3.05, 3.63) is 21.3 Å². The van der Waals surface area contributed by atoms with Crippen molar-refractivity contribution in [2.24, 2.45) is 5.92 Å². The first-order valence-corrected chi connectivity index (χ1v) is 8.23. The van der Waals surface area contributed by atoms with Crippen LogP contribution in [0.2, 0.25) is 4.34 Å². The fourth-order valence-electron chi connectivity index (χ4n) is 3.48. The first-order valence-electron chi connectivity index (χ1n) is 7.04. The summed E-state index contributed by atoms with van der Waals surface area (Å²) in [5, 5.41) is 7.42. The first kappa shape index (κ1) is 12.9. The van der Waals surface area contributed by atoms with Crippen molar-refractivity contribution < 1.29 is 0 Å². The highest BCUT2D eigenvalue weighted by atomic mass is 35.5. The predicted octanol–water partition coefficient (Wildman–Crippen LogP) is 3.41. The molecule has 18 heavy (non-hydrogen) atoms. The zero-order valence-electron chi connectivity index (χ0n) is 10.6. The lowest BCUT2D eigenvalue weighted by molar-refractivity contribution is 0.320. The molecule has 2 aliphatic rings. The van der Waals surface area contributed by atoms with E-state index in [0.717, 1.165) is 22.8 Å². The van der Waals surface area contributed by atoms with Gasteiger partial charge in [0.05, 0.1) is 4.34 Å². The number of thiophene rings is 1.